The first-order valence-corrected chi connectivity index (χ1v) is 15.1. The molecule has 0 aromatic heterocycles. The van der Waals surface area contributed by atoms with Gasteiger partial charge in [0.1, 0.15) is 6.04 Å². The second kappa shape index (κ2) is 13.1. The van der Waals surface area contributed by atoms with Crippen molar-refractivity contribution in [2.75, 3.05) is 17.1 Å². The Labute approximate surface area is 222 Å². The number of benzene rings is 2. The van der Waals surface area contributed by atoms with Gasteiger partial charge in [-0.25, -0.2) is 8.42 Å². The lowest BCUT2D eigenvalue weighted by Gasteiger charge is -2.32. The van der Waals surface area contributed by atoms with Crippen molar-refractivity contribution in [1.29, 1.82) is 0 Å². The number of carbonyl (C=O) groups is 2. The van der Waals surface area contributed by atoms with Crippen LogP contribution in [0.15, 0.2) is 48.5 Å². The number of rotatable bonds is 11. The van der Waals surface area contributed by atoms with E-state index in [-0.39, 0.29) is 30.8 Å². The summed E-state index contributed by atoms with van der Waals surface area (Å²) in [7, 11) is -3.51. The molecule has 2 aromatic carbocycles. The highest BCUT2D eigenvalue weighted by atomic mass is 32.2. The van der Waals surface area contributed by atoms with Crippen LogP contribution in [-0.2, 0) is 26.2 Å². The maximum atomic E-state index is 13.5. The average Bonchev–Trinajstić information content (AvgIpc) is 2.85. The van der Waals surface area contributed by atoms with E-state index in [1.807, 2.05) is 56.3 Å². The van der Waals surface area contributed by atoms with E-state index in [9.17, 15) is 18.0 Å². The Morgan fingerprint density at radius 2 is 1.73 bits per heavy atom. The maximum Gasteiger partial charge on any atom is 0.242 e. The standard InChI is InChI=1S/C29H41N3O4S/c1-22-12-10-17-27(20-22)32(37(4,35)36)19-11-18-28(33)31(21-25-14-9-8-13-23(25)2)24(3)29(34)30-26-15-6-5-7-16-26/h8-10,12-14,17,20,24,26H,5-7,11,15-16,18-19,21H2,1-4H3,(H,30,34)/t24-/m1/s1. The number of nitrogens with one attached hydrogen (secondary N) is 1. The summed E-state index contributed by atoms with van der Waals surface area (Å²) in [5, 5.41) is 3.15. The summed E-state index contributed by atoms with van der Waals surface area (Å²) in [6.45, 7) is 6.21. The van der Waals surface area contributed by atoms with E-state index in [2.05, 4.69) is 5.32 Å². The third-order valence-electron chi connectivity index (χ3n) is 7.16. The molecule has 202 valence electrons. The zero-order valence-corrected chi connectivity index (χ0v) is 23.4. The first-order chi connectivity index (χ1) is 17.6. The third-order valence-corrected chi connectivity index (χ3v) is 8.36. The van der Waals surface area contributed by atoms with Crippen molar-refractivity contribution in [2.24, 2.45) is 0 Å². The van der Waals surface area contributed by atoms with E-state index >= 15 is 0 Å². The normalized spacial score (nSPS) is 15.1. The molecule has 1 aliphatic carbocycles. The molecule has 8 heteroatoms. The van der Waals surface area contributed by atoms with Crippen LogP contribution in [0.25, 0.3) is 0 Å². The Hall–Kier alpha value is -2.87. The topological polar surface area (TPSA) is 86.8 Å². The Balaban J connectivity index is 1.72. The lowest BCUT2D eigenvalue weighted by molar-refractivity contribution is -0.141. The number of nitrogens with zero attached hydrogens (tertiary/aromatic N) is 2. The summed E-state index contributed by atoms with van der Waals surface area (Å²) < 4.78 is 26.3. The highest BCUT2D eigenvalue weighted by Crippen LogP contribution is 2.21. The molecular weight excluding hydrogens is 486 g/mol. The van der Waals surface area contributed by atoms with Gasteiger partial charge in [0.15, 0.2) is 0 Å². The summed E-state index contributed by atoms with van der Waals surface area (Å²) in [5.41, 5.74) is 3.60. The monoisotopic (exact) mass is 527 g/mol. The van der Waals surface area contributed by atoms with E-state index in [0.717, 1.165) is 42.4 Å². The van der Waals surface area contributed by atoms with Crippen LogP contribution in [-0.4, -0.2) is 50.0 Å². The van der Waals surface area contributed by atoms with Gasteiger partial charge in [-0.2, -0.15) is 0 Å². The molecule has 1 atom stereocenters. The van der Waals surface area contributed by atoms with Crippen LogP contribution in [0.4, 0.5) is 5.69 Å². The molecule has 7 nitrogen and oxygen atoms in total. The smallest absolute Gasteiger partial charge is 0.242 e. The third kappa shape index (κ3) is 8.32. The predicted molar refractivity (Wildman–Crippen MR) is 149 cm³/mol. The number of hydrogen-bond donors (Lipinski definition) is 1. The van der Waals surface area contributed by atoms with Crippen molar-refractivity contribution < 1.29 is 18.0 Å². The fourth-order valence-electron chi connectivity index (χ4n) is 4.91. The second-order valence-corrected chi connectivity index (χ2v) is 12.2. The van der Waals surface area contributed by atoms with E-state index in [1.165, 1.54) is 17.0 Å². The Bertz CT molecular complexity index is 1180. The quantitative estimate of drug-likeness (QED) is 0.458. The van der Waals surface area contributed by atoms with E-state index < -0.39 is 16.1 Å². The summed E-state index contributed by atoms with van der Waals surface area (Å²) in [5.74, 6) is -0.293. The van der Waals surface area contributed by atoms with Gasteiger partial charge in [0.2, 0.25) is 21.8 Å². The Morgan fingerprint density at radius 3 is 2.38 bits per heavy atom. The van der Waals surface area contributed by atoms with Gasteiger partial charge in [0.25, 0.3) is 0 Å². The number of carbonyl (C=O) groups excluding carboxylic acids is 2. The van der Waals surface area contributed by atoms with Crippen LogP contribution in [0.3, 0.4) is 0 Å². The maximum absolute atomic E-state index is 13.5. The van der Waals surface area contributed by atoms with Crippen molar-refractivity contribution >= 4 is 27.5 Å². The molecule has 1 fully saturated rings. The molecule has 0 radical (unpaired) electrons. The first kappa shape index (κ1) is 28.7. The fourth-order valence-corrected chi connectivity index (χ4v) is 5.87. The van der Waals surface area contributed by atoms with Gasteiger partial charge in [-0.3, -0.25) is 13.9 Å². The van der Waals surface area contributed by atoms with E-state index in [1.54, 1.807) is 17.9 Å². The summed E-state index contributed by atoms with van der Waals surface area (Å²) in [4.78, 5) is 28.3. The predicted octanol–water partition coefficient (Wildman–Crippen LogP) is 4.72. The minimum absolute atomic E-state index is 0.133. The van der Waals surface area contributed by atoms with Crippen LogP contribution in [0.5, 0.6) is 0 Å². The lowest BCUT2D eigenvalue weighted by Crippen LogP contribution is -2.50. The van der Waals surface area contributed by atoms with Crippen molar-refractivity contribution in [1.82, 2.24) is 10.2 Å². The van der Waals surface area contributed by atoms with Gasteiger partial charge < -0.3 is 10.2 Å². The van der Waals surface area contributed by atoms with E-state index in [4.69, 9.17) is 0 Å². The molecule has 2 aromatic rings. The molecule has 0 saturated heterocycles. The number of hydrogen-bond acceptors (Lipinski definition) is 4. The van der Waals surface area contributed by atoms with Gasteiger partial charge >= 0.3 is 0 Å². The Kier molecular flexibility index (Phi) is 10.1. The minimum Gasteiger partial charge on any atom is -0.352 e. The summed E-state index contributed by atoms with van der Waals surface area (Å²) in [6.07, 6.45) is 7.05. The van der Waals surface area contributed by atoms with Crippen molar-refractivity contribution in [3.63, 3.8) is 0 Å². The lowest BCUT2D eigenvalue weighted by atomic mass is 9.95. The van der Waals surface area contributed by atoms with Crippen molar-refractivity contribution in [3.05, 3.63) is 65.2 Å². The van der Waals surface area contributed by atoms with Crippen LogP contribution in [0, 0.1) is 13.8 Å². The molecule has 0 unspecified atom stereocenters. The second-order valence-electron chi connectivity index (χ2n) is 10.2. The summed E-state index contributed by atoms with van der Waals surface area (Å²) >= 11 is 0. The fraction of sp³-hybridized carbons (Fsp3) is 0.517. The molecule has 1 saturated carbocycles. The number of sulfonamides is 1. The van der Waals surface area contributed by atoms with Crippen LogP contribution in [0.1, 0.15) is 68.6 Å². The highest BCUT2D eigenvalue weighted by Gasteiger charge is 2.28. The summed E-state index contributed by atoms with van der Waals surface area (Å²) in [6, 6.07) is 14.7. The van der Waals surface area contributed by atoms with Crippen LogP contribution >= 0.6 is 0 Å². The van der Waals surface area contributed by atoms with Crippen molar-refractivity contribution in [2.45, 2.75) is 84.3 Å². The van der Waals surface area contributed by atoms with Crippen molar-refractivity contribution in [3.8, 4) is 0 Å². The Morgan fingerprint density at radius 1 is 1.03 bits per heavy atom. The van der Waals surface area contributed by atoms with Crippen LogP contribution in [0.2, 0.25) is 0 Å². The number of anilines is 1. The minimum atomic E-state index is -3.51. The highest BCUT2D eigenvalue weighted by molar-refractivity contribution is 7.92. The largest absolute Gasteiger partial charge is 0.352 e. The van der Waals surface area contributed by atoms with E-state index in [0.29, 0.717) is 18.7 Å². The van der Waals surface area contributed by atoms with Crippen LogP contribution < -0.4 is 9.62 Å². The zero-order valence-electron chi connectivity index (χ0n) is 22.6. The van der Waals surface area contributed by atoms with Gasteiger partial charge in [-0.15, -0.1) is 0 Å². The molecule has 0 aliphatic heterocycles. The molecule has 1 N–H and O–H groups in total. The first-order valence-electron chi connectivity index (χ1n) is 13.2. The van der Waals surface area contributed by atoms with Gasteiger partial charge in [0, 0.05) is 25.6 Å². The average molecular weight is 528 g/mol. The number of amides is 2. The SMILES string of the molecule is Cc1cccc(N(CCCC(=O)N(Cc2ccccc2C)[C@H](C)C(=O)NC2CCCCC2)S(C)(=O)=O)c1. The molecule has 2 amide bonds. The molecule has 1 aliphatic rings. The van der Waals surface area contributed by atoms with Gasteiger partial charge in [-0.1, -0.05) is 55.7 Å². The molecule has 0 spiro atoms. The van der Waals surface area contributed by atoms with Gasteiger partial charge in [0.05, 0.1) is 11.9 Å². The zero-order chi connectivity index (χ0) is 27.0. The molecular formula is C29H41N3O4S. The number of aryl methyl sites for hydroxylation is 2. The molecule has 37 heavy (non-hydrogen) atoms. The molecule has 0 heterocycles. The molecule has 3 rings (SSSR count). The van der Waals surface area contributed by atoms with Gasteiger partial charge in [-0.05, 0) is 68.9 Å². The molecule has 0 bridgehead atoms.